The summed E-state index contributed by atoms with van der Waals surface area (Å²) in [6, 6.07) is 13.0. The van der Waals surface area contributed by atoms with Crippen molar-refractivity contribution in [1.82, 2.24) is 15.3 Å². The number of hydrogen-bond acceptors (Lipinski definition) is 3. The predicted molar refractivity (Wildman–Crippen MR) is 90.9 cm³/mol. The summed E-state index contributed by atoms with van der Waals surface area (Å²) < 4.78 is 0. The highest BCUT2D eigenvalue weighted by molar-refractivity contribution is 6.01. The van der Waals surface area contributed by atoms with Crippen molar-refractivity contribution in [3.05, 3.63) is 64.6 Å². The number of fused-ring (bicyclic) bond motifs is 1. The number of amides is 2. The van der Waals surface area contributed by atoms with Gasteiger partial charge in [0, 0.05) is 11.3 Å². The first-order chi connectivity index (χ1) is 11.5. The minimum atomic E-state index is -0.710. The summed E-state index contributed by atoms with van der Waals surface area (Å²) >= 11 is 0. The smallest absolute Gasteiger partial charge is 0.323 e. The maximum absolute atomic E-state index is 12.2. The van der Waals surface area contributed by atoms with E-state index in [1.54, 1.807) is 49.4 Å². The van der Waals surface area contributed by atoms with Gasteiger partial charge in [0.15, 0.2) is 0 Å². The predicted octanol–water partition coefficient (Wildman–Crippen LogP) is 1.61. The van der Waals surface area contributed by atoms with Gasteiger partial charge in [-0.1, -0.05) is 18.2 Å². The fraction of sp³-hybridized carbons (Fsp3) is 0.118. The van der Waals surface area contributed by atoms with Gasteiger partial charge in [-0.05, 0) is 37.3 Å². The summed E-state index contributed by atoms with van der Waals surface area (Å²) in [6.45, 7) is 1.60. The molecule has 0 saturated carbocycles. The van der Waals surface area contributed by atoms with Gasteiger partial charge in [0.05, 0.1) is 11.0 Å². The molecular formula is C17H16N4O3. The molecular weight excluding hydrogens is 308 g/mol. The quantitative estimate of drug-likeness (QED) is 0.585. The molecule has 122 valence electrons. The molecule has 0 aliphatic heterocycles. The molecule has 24 heavy (non-hydrogen) atoms. The van der Waals surface area contributed by atoms with E-state index in [1.807, 2.05) is 6.07 Å². The monoisotopic (exact) mass is 324 g/mol. The largest absolute Gasteiger partial charge is 0.341 e. The maximum atomic E-state index is 12.2. The van der Waals surface area contributed by atoms with E-state index in [0.717, 1.165) is 0 Å². The fourth-order valence-corrected chi connectivity index (χ4v) is 2.30. The zero-order chi connectivity index (χ0) is 17.1. The first kappa shape index (κ1) is 15.5. The topological polar surface area (TPSA) is 107 Å². The Labute approximate surface area is 137 Å². The van der Waals surface area contributed by atoms with Crippen LogP contribution in [0.1, 0.15) is 17.3 Å². The van der Waals surface area contributed by atoms with Crippen molar-refractivity contribution >= 4 is 28.5 Å². The van der Waals surface area contributed by atoms with Crippen LogP contribution in [-0.4, -0.2) is 27.8 Å². The lowest BCUT2D eigenvalue weighted by atomic mass is 10.2. The molecule has 3 rings (SSSR count). The number of rotatable bonds is 4. The molecule has 0 spiro atoms. The summed E-state index contributed by atoms with van der Waals surface area (Å²) in [5.74, 6) is -0.666. The van der Waals surface area contributed by atoms with Gasteiger partial charge in [-0.3, -0.25) is 9.59 Å². The minimum Gasteiger partial charge on any atom is -0.341 e. The Morgan fingerprint density at radius 2 is 1.71 bits per heavy atom. The molecule has 7 nitrogen and oxygen atoms in total. The fourth-order valence-electron chi connectivity index (χ4n) is 2.30. The van der Waals surface area contributed by atoms with Crippen LogP contribution in [0.3, 0.4) is 0 Å². The lowest BCUT2D eigenvalue weighted by molar-refractivity contribution is -0.117. The third-order valence-electron chi connectivity index (χ3n) is 3.56. The first-order valence-electron chi connectivity index (χ1n) is 7.42. The summed E-state index contributed by atoms with van der Waals surface area (Å²) in [6.07, 6.45) is 0. The van der Waals surface area contributed by atoms with Crippen LogP contribution in [-0.2, 0) is 4.79 Å². The van der Waals surface area contributed by atoms with Gasteiger partial charge in [0.25, 0.3) is 5.91 Å². The molecule has 1 aromatic heterocycles. The molecule has 0 fully saturated rings. The third kappa shape index (κ3) is 3.35. The lowest BCUT2D eigenvalue weighted by Gasteiger charge is -2.14. The molecule has 0 saturated heterocycles. The average Bonchev–Trinajstić information content (AvgIpc) is 2.94. The van der Waals surface area contributed by atoms with Gasteiger partial charge in [-0.25, -0.2) is 4.79 Å². The zero-order valence-electron chi connectivity index (χ0n) is 12.9. The Kier molecular flexibility index (Phi) is 4.15. The van der Waals surface area contributed by atoms with Crippen LogP contribution >= 0.6 is 0 Å². The van der Waals surface area contributed by atoms with E-state index in [4.69, 9.17) is 0 Å². The Hall–Kier alpha value is -3.35. The van der Waals surface area contributed by atoms with Crippen molar-refractivity contribution in [2.75, 3.05) is 5.32 Å². The Bertz CT molecular complexity index is 943. The maximum Gasteiger partial charge on any atom is 0.323 e. The molecule has 2 amide bonds. The second kappa shape index (κ2) is 6.41. The van der Waals surface area contributed by atoms with Crippen LogP contribution in [0.25, 0.3) is 11.0 Å². The second-order valence-electron chi connectivity index (χ2n) is 5.39. The van der Waals surface area contributed by atoms with Gasteiger partial charge in [0.1, 0.15) is 6.04 Å². The van der Waals surface area contributed by atoms with E-state index in [2.05, 4.69) is 20.6 Å². The molecule has 0 aliphatic rings. The molecule has 1 unspecified atom stereocenters. The highest BCUT2D eigenvalue weighted by Gasteiger charge is 2.16. The van der Waals surface area contributed by atoms with Gasteiger partial charge < -0.3 is 20.6 Å². The molecule has 0 radical (unpaired) electrons. The molecule has 7 heteroatoms. The number of nitrogens with one attached hydrogen (secondary N) is 4. The van der Waals surface area contributed by atoms with Crippen molar-refractivity contribution in [3.63, 3.8) is 0 Å². The van der Waals surface area contributed by atoms with Crippen LogP contribution in [0, 0.1) is 0 Å². The Morgan fingerprint density at radius 1 is 1.00 bits per heavy atom. The van der Waals surface area contributed by atoms with Gasteiger partial charge in [-0.15, -0.1) is 0 Å². The molecule has 0 bridgehead atoms. The zero-order valence-corrected chi connectivity index (χ0v) is 12.9. The van der Waals surface area contributed by atoms with Crippen molar-refractivity contribution in [3.8, 4) is 0 Å². The van der Waals surface area contributed by atoms with Crippen LogP contribution in [0.4, 0.5) is 5.69 Å². The lowest BCUT2D eigenvalue weighted by Crippen LogP contribution is -2.41. The van der Waals surface area contributed by atoms with Gasteiger partial charge in [-0.2, -0.15) is 0 Å². The summed E-state index contributed by atoms with van der Waals surface area (Å²) in [5, 5.41) is 5.35. The second-order valence-corrected chi connectivity index (χ2v) is 5.39. The number of aromatic nitrogens is 2. The molecule has 1 atom stereocenters. The number of aromatic amines is 2. The van der Waals surface area contributed by atoms with Crippen molar-refractivity contribution in [1.29, 1.82) is 0 Å². The molecule has 0 aliphatic carbocycles. The molecule has 2 aromatic carbocycles. The summed E-state index contributed by atoms with van der Waals surface area (Å²) in [4.78, 5) is 40.8. The average molecular weight is 324 g/mol. The van der Waals surface area contributed by atoms with Crippen molar-refractivity contribution in [2.24, 2.45) is 0 Å². The Morgan fingerprint density at radius 3 is 2.46 bits per heavy atom. The number of carbonyl (C=O) groups excluding carboxylic acids is 2. The highest BCUT2D eigenvalue weighted by atomic mass is 16.2. The number of anilines is 1. The Balaban J connectivity index is 1.66. The first-order valence-corrected chi connectivity index (χ1v) is 7.42. The van der Waals surface area contributed by atoms with Crippen LogP contribution in [0.2, 0.25) is 0 Å². The summed E-state index contributed by atoms with van der Waals surface area (Å²) in [5.41, 5.74) is 1.96. The van der Waals surface area contributed by atoms with E-state index in [9.17, 15) is 14.4 Å². The highest BCUT2D eigenvalue weighted by Crippen LogP contribution is 2.14. The van der Waals surface area contributed by atoms with E-state index >= 15 is 0 Å². The number of H-pyrrole nitrogens is 2. The number of imidazole rings is 1. The minimum absolute atomic E-state index is 0.308. The van der Waals surface area contributed by atoms with E-state index in [1.165, 1.54) is 0 Å². The molecule has 1 heterocycles. The third-order valence-corrected chi connectivity index (χ3v) is 3.56. The van der Waals surface area contributed by atoms with Gasteiger partial charge >= 0.3 is 5.69 Å². The van der Waals surface area contributed by atoms with Crippen molar-refractivity contribution in [2.45, 2.75) is 13.0 Å². The molecule has 3 aromatic rings. The van der Waals surface area contributed by atoms with E-state index in [-0.39, 0.29) is 17.5 Å². The number of carbonyl (C=O) groups is 2. The van der Waals surface area contributed by atoms with Gasteiger partial charge in [0.2, 0.25) is 5.91 Å². The summed E-state index contributed by atoms with van der Waals surface area (Å²) in [7, 11) is 0. The normalized spacial score (nSPS) is 11.9. The number of hydrogen-bond donors (Lipinski definition) is 4. The van der Waals surface area contributed by atoms with Crippen LogP contribution in [0.15, 0.2) is 53.3 Å². The molecule has 4 N–H and O–H groups in total. The standard InChI is InChI=1S/C17H16N4O3/c1-10(18-16(23)11-5-3-2-4-6-11)15(22)19-12-7-8-13-14(9-12)21-17(24)20-13/h2-10H,1H3,(H,18,23)(H,19,22)(H2,20,21,24). The van der Waals surface area contributed by atoms with Crippen molar-refractivity contribution < 1.29 is 9.59 Å². The number of benzene rings is 2. The van der Waals surface area contributed by atoms with E-state index < -0.39 is 6.04 Å². The SMILES string of the molecule is CC(NC(=O)c1ccccc1)C(=O)Nc1ccc2[nH]c(=O)[nH]c2c1. The van der Waals surface area contributed by atoms with Crippen LogP contribution in [0.5, 0.6) is 0 Å². The van der Waals surface area contributed by atoms with E-state index in [0.29, 0.717) is 22.3 Å². The van der Waals surface area contributed by atoms with Crippen LogP contribution < -0.4 is 16.3 Å².